The van der Waals surface area contributed by atoms with Gasteiger partial charge in [0.15, 0.2) is 0 Å². The zero-order valence-corrected chi connectivity index (χ0v) is 20.1. The van der Waals surface area contributed by atoms with Crippen molar-refractivity contribution in [3.8, 4) is 23.1 Å². The average molecular weight is 518 g/mol. The number of aromatic nitrogens is 6. The Balaban J connectivity index is 1.29. The SMILES string of the molecule is Cc1nc(-c2nnn(C)c2COc2nccc(C(F)F)n2)ccc1O[C@@H]1C[C@@H]2CC[C@@](F)(C(=O)O)[C@@H]2C1. The lowest BCUT2D eigenvalue weighted by Crippen LogP contribution is -2.38. The fourth-order valence-corrected chi connectivity index (χ4v) is 5.30. The predicted molar refractivity (Wildman–Crippen MR) is 122 cm³/mol. The number of aliphatic carboxylic acids is 1. The molecule has 0 saturated heterocycles. The molecule has 0 aliphatic heterocycles. The van der Waals surface area contributed by atoms with Crippen LogP contribution in [-0.4, -0.2) is 52.8 Å². The quantitative estimate of drug-likeness (QED) is 0.473. The minimum atomic E-state index is -2.74. The maximum absolute atomic E-state index is 15.0. The zero-order chi connectivity index (χ0) is 26.3. The van der Waals surface area contributed by atoms with E-state index in [0.717, 1.165) is 6.07 Å². The zero-order valence-electron chi connectivity index (χ0n) is 20.1. The Morgan fingerprint density at radius 2 is 2.08 bits per heavy atom. The standard InChI is InChI=1S/C24H25F3N6O4/c1-12-19(37-14-9-13-5-7-24(27,22(34)35)15(13)10-14)4-3-16(29-12)20-18(33(2)32-31-20)11-36-23-28-8-6-17(30-23)21(25)26/h3-4,6,8,13-15,21H,5,7,9-11H2,1-2H3,(H,34,35)/t13-,14+,15+,24-/m0/s1. The second-order valence-electron chi connectivity index (χ2n) is 9.43. The lowest BCUT2D eigenvalue weighted by Gasteiger charge is -2.22. The van der Waals surface area contributed by atoms with Crippen LogP contribution in [0.1, 0.15) is 49.2 Å². The monoisotopic (exact) mass is 518 g/mol. The fraction of sp³-hybridized carbons (Fsp3) is 0.500. The van der Waals surface area contributed by atoms with Crippen molar-refractivity contribution in [3.63, 3.8) is 0 Å². The molecule has 13 heteroatoms. The largest absolute Gasteiger partial charge is 0.489 e. The fourth-order valence-electron chi connectivity index (χ4n) is 5.30. The minimum absolute atomic E-state index is 0.00819. The highest BCUT2D eigenvalue weighted by Gasteiger charge is 2.58. The van der Waals surface area contributed by atoms with Crippen LogP contribution in [0.5, 0.6) is 11.8 Å². The number of hydrogen-bond donors (Lipinski definition) is 1. The number of hydrogen-bond acceptors (Lipinski definition) is 8. The predicted octanol–water partition coefficient (Wildman–Crippen LogP) is 3.85. The number of carboxylic acid groups (broad SMARTS) is 1. The first-order valence-corrected chi connectivity index (χ1v) is 11.8. The van der Waals surface area contributed by atoms with Crippen LogP contribution in [0.2, 0.25) is 0 Å². The molecular formula is C24H25F3N6O4. The van der Waals surface area contributed by atoms with Gasteiger partial charge < -0.3 is 14.6 Å². The highest BCUT2D eigenvalue weighted by molar-refractivity contribution is 5.78. The van der Waals surface area contributed by atoms with Gasteiger partial charge in [-0.2, -0.15) is 4.98 Å². The molecule has 2 aliphatic rings. The van der Waals surface area contributed by atoms with E-state index in [9.17, 15) is 23.1 Å². The number of carboxylic acids is 1. The Morgan fingerprint density at radius 1 is 1.27 bits per heavy atom. The molecule has 196 valence electrons. The van der Waals surface area contributed by atoms with Gasteiger partial charge in [-0.1, -0.05) is 5.21 Å². The van der Waals surface area contributed by atoms with Crippen molar-refractivity contribution < 1.29 is 32.5 Å². The van der Waals surface area contributed by atoms with E-state index in [1.54, 1.807) is 26.1 Å². The number of carbonyl (C=O) groups is 1. The van der Waals surface area contributed by atoms with E-state index >= 15 is 0 Å². The molecule has 0 amide bonds. The first kappa shape index (κ1) is 24.9. The number of fused-ring (bicyclic) bond motifs is 1. The third-order valence-corrected chi connectivity index (χ3v) is 7.21. The van der Waals surface area contributed by atoms with E-state index in [0.29, 0.717) is 47.8 Å². The van der Waals surface area contributed by atoms with E-state index in [1.807, 2.05) is 0 Å². The Hall–Kier alpha value is -3.77. The molecule has 0 radical (unpaired) electrons. The van der Waals surface area contributed by atoms with Crippen LogP contribution in [0.25, 0.3) is 11.4 Å². The first-order valence-electron chi connectivity index (χ1n) is 11.8. The molecule has 3 aromatic heterocycles. The molecule has 4 atom stereocenters. The number of rotatable bonds is 8. The summed E-state index contributed by atoms with van der Waals surface area (Å²) in [5.74, 6) is -1.42. The molecule has 2 saturated carbocycles. The summed E-state index contributed by atoms with van der Waals surface area (Å²) in [5.41, 5.74) is -0.590. The molecule has 2 fully saturated rings. The molecule has 37 heavy (non-hydrogen) atoms. The van der Waals surface area contributed by atoms with Crippen LogP contribution >= 0.6 is 0 Å². The summed E-state index contributed by atoms with van der Waals surface area (Å²) in [5, 5.41) is 17.5. The molecule has 3 aromatic rings. The molecule has 0 unspecified atom stereocenters. The van der Waals surface area contributed by atoms with Crippen LogP contribution in [0.3, 0.4) is 0 Å². The van der Waals surface area contributed by atoms with E-state index < -0.39 is 29.7 Å². The third-order valence-electron chi connectivity index (χ3n) is 7.21. The Labute approximate surface area is 209 Å². The van der Waals surface area contributed by atoms with Gasteiger partial charge in [0.2, 0.25) is 5.67 Å². The van der Waals surface area contributed by atoms with Crippen molar-refractivity contribution in [1.82, 2.24) is 29.9 Å². The number of aryl methyl sites for hydroxylation is 2. The maximum atomic E-state index is 15.0. The summed E-state index contributed by atoms with van der Waals surface area (Å²) in [6, 6.07) is 4.36. The van der Waals surface area contributed by atoms with Gasteiger partial charge in [-0.05, 0) is 56.7 Å². The van der Waals surface area contributed by atoms with Crippen molar-refractivity contribution in [1.29, 1.82) is 0 Å². The molecule has 3 heterocycles. The van der Waals surface area contributed by atoms with Crippen LogP contribution in [0.15, 0.2) is 24.4 Å². The lowest BCUT2D eigenvalue weighted by molar-refractivity contribution is -0.153. The highest BCUT2D eigenvalue weighted by Crippen LogP contribution is 2.52. The van der Waals surface area contributed by atoms with Crippen molar-refractivity contribution in [2.24, 2.45) is 18.9 Å². The summed E-state index contributed by atoms with van der Waals surface area (Å²) < 4.78 is 53.9. The van der Waals surface area contributed by atoms with E-state index in [-0.39, 0.29) is 31.1 Å². The maximum Gasteiger partial charge on any atom is 0.341 e. The molecule has 0 bridgehead atoms. The van der Waals surface area contributed by atoms with Crippen molar-refractivity contribution in [3.05, 3.63) is 41.5 Å². The molecule has 5 rings (SSSR count). The number of nitrogens with zero attached hydrogens (tertiary/aromatic N) is 6. The smallest absolute Gasteiger partial charge is 0.341 e. The summed E-state index contributed by atoms with van der Waals surface area (Å²) >= 11 is 0. The van der Waals surface area contributed by atoms with Gasteiger partial charge in [-0.15, -0.1) is 5.10 Å². The summed E-state index contributed by atoms with van der Waals surface area (Å²) in [7, 11) is 1.66. The molecule has 0 spiro atoms. The van der Waals surface area contributed by atoms with Crippen LogP contribution in [0, 0.1) is 18.8 Å². The average Bonchev–Trinajstić information content (AvgIpc) is 3.54. The van der Waals surface area contributed by atoms with Crippen LogP contribution in [-0.2, 0) is 18.4 Å². The van der Waals surface area contributed by atoms with Crippen molar-refractivity contribution in [2.75, 3.05) is 0 Å². The summed E-state index contributed by atoms with van der Waals surface area (Å²) in [6.45, 7) is 1.69. The topological polar surface area (TPSA) is 125 Å². The van der Waals surface area contributed by atoms with Crippen molar-refractivity contribution in [2.45, 2.75) is 57.4 Å². The van der Waals surface area contributed by atoms with Gasteiger partial charge in [0.1, 0.15) is 29.4 Å². The number of alkyl halides is 3. The molecule has 10 nitrogen and oxygen atoms in total. The van der Waals surface area contributed by atoms with Crippen LogP contribution in [0.4, 0.5) is 13.2 Å². The lowest BCUT2D eigenvalue weighted by atomic mass is 9.89. The highest BCUT2D eigenvalue weighted by atomic mass is 19.3. The van der Waals surface area contributed by atoms with E-state index in [1.165, 1.54) is 10.9 Å². The van der Waals surface area contributed by atoms with Gasteiger partial charge in [0, 0.05) is 19.2 Å². The minimum Gasteiger partial charge on any atom is -0.489 e. The Bertz CT molecular complexity index is 1320. The van der Waals surface area contributed by atoms with E-state index in [2.05, 4.69) is 25.3 Å². The van der Waals surface area contributed by atoms with Gasteiger partial charge in [-0.25, -0.2) is 32.6 Å². The molecule has 2 aliphatic carbocycles. The molecule has 1 N–H and O–H groups in total. The summed E-state index contributed by atoms with van der Waals surface area (Å²) in [4.78, 5) is 23.6. The molecular weight excluding hydrogens is 493 g/mol. The molecule has 0 aromatic carbocycles. The van der Waals surface area contributed by atoms with Gasteiger partial charge in [0.25, 0.3) is 6.43 Å². The third kappa shape index (κ3) is 4.69. The Morgan fingerprint density at radius 3 is 2.81 bits per heavy atom. The summed E-state index contributed by atoms with van der Waals surface area (Å²) in [6.07, 6.45) is -0.303. The normalized spacial score (nSPS) is 24.9. The van der Waals surface area contributed by atoms with Gasteiger partial charge >= 0.3 is 12.0 Å². The van der Waals surface area contributed by atoms with Crippen molar-refractivity contribution >= 4 is 5.97 Å². The number of pyridine rings is 1. The second kappa shape index (κ2) is 9.60. The number of ether oxygens (including phenoxy) is 2. The Kier molecular flexibility index (Phi) is 6.46. The van der Waals surface area contributed by atoms with Gasteiger partial charge in [0.05, 0.1) is 17.5 Å². The first-order chi connectivity index (χ1) is 17.7. The second-order valence-corrected chi connectivity index (χ2v) is 9.43. The van der Waals surface area contributed by atoms with E-state index in [4.69, 9.17) is 9.47 Å². The number of halogens is 3. The van der Waals surface area contributed by atoms with Gasteiger partial charge in [-0.3, -0.25) is 0 Å². The van der Waals surface area contributed by atoms with Crippen LogP contribution < -0.4 is 9.47 Å².